The molecule has 0 spiro atoms. The molecule has 0 aromatic carbocycles. The fourth-order valence-corrected chi connectivity index (χ4v) is 2.60. The van der Waals surface area contributed by atoms with Crippen LogP contribution in [0, 0.1) is 0 Å². The number of piperidine rings is 1. The second-order valence-electron chi connectivity index (χ2n) is 5.20. The van der Waals surface area contributed by atoms with Crippen LogP contribution in [0.15, 0.2) is 18.3 Å². The number of hydrogen-bond donors (Lipinski definition) is 2. The van der Waals surface area contributed by atoms with Gasteiger partial charge in [-0.1, -0.05) is 0 Å². The molecule has 1 unspecified atom stereocenters. The van der Waals surface area contributed by atoms with Crippen LogP contribution in [0.1, 0.15) is 18.5 Å². The first-order chi connectivity index (χ1) is 9.24. The van der Waals surface area contributed by atoms with Crippen LogP contribution in [0.4, 0.5) is 5.82 Å². The molecule has 1 aliphatic heterocycles. The van der Waals surface area contributed by atoms with Gasteiger partial charge in [0, 0.05) is 19.1 Å². The Hall–Kier alpha value is -1.66. The average Bonchev–Trinajstić information content (AvgIpc) is 2.81. The van der Waals surface area contributed by atoms with Crippen LogP contribution >= 0.6 is 0 Å². The number of likely N-dealkylation sites (N-methyl/N-ethyl adjacent to an activating group) is 1. The largest absolute Gasteiger partial charge is 0.365 e. The van der Waals surface area contributed by atoms with Crippen LogP contribution in [0.3, 0.4) is 0 Å². The molecule has 6 heteroatoms. The maximum Gasteiger partial charge on any atom is 0.153 e. The van der Waals surface area contributed by atoms with Crippen molar-refractivity contribution < 1.29 is 0 Å². The third-order valence-electron chi connectivity index (χ3n) is 3.56. The number of nitrogens with two attached hydrogens (primary N) is 1. The molecular weight excluding hydrogens is 240 g/mol. The Labute approximate surface area is 112 Å². The molecule has 3 N–H and O–H groups in total. The van der Waals surface area contributed by atoms with E-state index in [1.54, 1.807) is 4.52 Å². The van der Waals surface area contributed by atoms with E-state index in [0.29, 0.717) is 12.6 Å². The maximum absolute atomic E-state index is 5.59. The van der Waals surface area contributed by atoms with Gasteiger partial charge in [-0.2, -0.15) is 0 Å². The van der Waals surface area contributed by atoms with Crippen LogP contribution in [-0.4, -0.2) is 45.7 Å². The average molecular weight is 260 g/mol. The van der Waals surface area contributed by atoms with Crippen molar-refractivity contribution >= 4 is 11.5 Å². The van der Waals surface area contributed by atoms with E-state index < -0.39 is 0 Å². The van der Waals surface area contributed by atoms with Gasteiger partial charge in [0.2, 0.25) is 0 Å². The van der Waals surface area contributed by atoms with Gasteiger partial charge in [-0.15, -0.1) is 5.10 Å². The van der Waals surface area contributed by atoms with Gasteiger partial charge in [0.25, 0.3) is 0 Å². The lowest BCUT2D eigenvalue weighted by Crippen LogP contribution is -2.39. The highest BCUT2D eigenvalue weighted by molar-refractivity contribution is 5.45. The Bertz CT molecular complexity index is 563. The zero-order valence-corrected chi connectivity index (χ0v) is 11.2. The quantitative estimate of drug-likeness (QED) is 0.850. The summed E-state index contributed by atoms with van der Waals surface area (Å²) in [7, 11) is 2.16. The summed E-state index contributed by atoms with van der Waals surface area (Å²) in [5.41, 5.74) is 7.29. The predicted octanol–water partition coefficient (Wildman–Crippen LogP) is 0.694. The van der Waals surface area contributed by atoms with Crippen LogP contribution in [0.5, 0.6) is 0 Å². The second kappa shape index (κ2) is 5.14. The number of anilines is 1. The van der Waals surface area contributed by atoms with Gasteiger partial charge in [0.1, 0.15) is 5.82 Å². The molecule has 0 saturated carbocycles. The topological polar surface area (TPSA) is 71.5 Å². The number of rotatable bonds is 3. The molecule has 0 radical (unpaired) electrons. The van der Waals surface area contributed by atoms with Gasteiger partial charge in [0.15, 0.2) is 5.65 Å². The van der Waals surface area contributed by atoms with Crippen molar-refractivity contribution in [2.24, 2.45) is 5.73 Å². The molecule has 3 heterocycles. The number of nitrogens with zero attached hydrogens (tertiary/aromatic N) is 4. The summed E-state index contributed by atoms with van der Waals surface area (Å²) < 4.78 is 1.79. The van der Waals surface area contributed by atoms with Gasteiger partial charge in [-0.05, 0) is 38.6 Å². The maximum atomic E-state index is 5.59. The Morgan fingerprint density at radius 3 is 3.16 bits per heavy atom. The second-order valence-corrected chi connectivity index (χ2v) is 5.20. The van der Waals surface area contributed by atoms with E-state index in [0.717, 1.165) is 23.7 Å². The zero-order chi connectivity index (χ0) is 13.2. The summed E-state index contributed by atoms with van der Waals surface area (Å²) in [5, 5.41) is 8.03. The van der Waals surface area contributed by atoms with Crippen LogP contribution < -0.4 is 11.1 Å². The standard InChI is InChI=1S/C13H20N6/c1-18-6-2-3-10(8-18)15-12-4-5-13-16-11(7-14)9-19(13)17-12/h4-5,9-10H,2-3,6-8,14H2,1H3,(H,15,17). The summed E-state index contributed by atoms with van der Waals surface area (Å²) in [6, 6.07) is 4.43. The van der Waals surface area contributed by atoms with Crippen molar-refractivity contribution in [2.75, 3.05) is 25.5 Å². The molecule has 19 heavy (non-hydrogen) atoms. The van der Waals surface area contributed by atoms with Crippen LogP contribution in [0.2, 0.25) is 0 Å². The van der Waals surface area contributed by atoms with Gasteiger partial charge < -0.3 is 16.0 Å². The van der Waals surface area contributed by atoms with Crippen LogP contribution in [-0.2, 0) is 6.54 Å². The number of imidazole rings is 1. The van der Waals surface area contributed by atoms with Gasteiger partial charge in [-0.25, -0.2) is 9.50 Å². The Kier molecular flexibility index (Phi) is 3.35. The van der Waals surface area contributed by atoms with Crippen molar-refractivity contribution in [3.8, 4) is 0 Å². The zero-order valence-electron chi connectivity index (χ0n) is 11.2. The summed E-state index contributed by atoms with van der Waals surface area (Å²) in [6.07, 6.45) is 4.31. The summed E-state index contributed by atoms with van der Waals surface area (Å²) in [4.78, 5) is 6.72. The lowest BCUT2D eigenvalue weighted by atomic mass is 10.1. The molecule has 0 bridgehead atoms. The molecule has 6 nitrogen and oxygen atoms in total. The highest BCUT2D eigenvalue weighted by Gasteiger charge is 2.17. The van der Waals surface area contributed by atoms with Crippen molar-refractivity contribution in [2.45, 2.75) is 25.4 Å². The fourth-order valence-electron chi connectivity index (χ4n) is 2.60. The van der Waals surface area contributed by atoms with E-state index in [-0.39, 0.29) is 0 Å². The molecule has 0 aliphatic carbocycles. The highest BCUT2D eigenvalue weighted by Crippen LogP contribution is 2.14. The van der Waals surface area contributed by atoms with Gasteiger partial charge in [-0.3, -0.25) is 0 Å². The molecule has 2 aromatic rings. The third kappa shape index (κ3) is 2.69. The van der Waals surface area contributed by atoms with E-state index in [9.17, 15) is 0 Å². The van der Waals surface area contributed by atoms with E-state index in [2.05, 4.69) is 27.3 Å². The Morgan fingerprint density at radius 2 is 2.37 bits per heavy atom. The Balaban J connectivity index is 1.77. The predicted molar refractivity (Wildman–Crippen MR) is 75.0 cm³/mol. The molecule has 1 aliphatic rings. The lowest BCUT2D eigenvalue weighted by Gasteiger charge is -2.30. The van der Waals surface area contributed by atoms with E-state index in [1.165, 1.54) is 19.4 Å². The van der Waals surface area contributed by atoms with Gasteiger partial charge >= 0.3 is 0 Å². The molecule has 1 fully saturated rings. The minimum atomic E-state index is 0.444. The number of fused-ring (bicyclic) bond motifs is 1. The van der Waals surface area contributed by atoms with Gasteiger partial charge in [0.05, 0.1) is 11.9 Å². The summed E-state index contributed by atoms with van der Waals surface area (Å²) in [5.74, 6) is 0.897. The molecule has 0 amide bonds. The van der Waals surface area contributed by atoms with Crippen molar-refractivity contribution in [3.05, 3.63) is 24.0 Å². The fraction of sp³-hybridized carbons (Fsp3) is 0.538. The highest BCUT2D eigenvalue weighted by atomic mass is 15.3. The number of hydrogen-bond acceptors (Lipinski definition) is 5. The number of nitrogens with one attached hydrogen (secondary N) is 1. The lowest BCUT2D eigenvalue weighted by molar-refractivity contribution is 0.260. The molecule has 2 aromatic heterocycles. The monoisotopic (exact) mass is 260 g/mol. The molecule has 1 atom stereocenters. The SMILES string of the molecule is CN1CCCC(Nc2ccc3nc(CN)cn3n2)C1. The minimum absolute atomic E-state index is 0.444. The number of likely N-dealkylation sites (tertiary alicyclic amines) is 1. The molecular formula is C13H20N6. The summed E-state index contributed by atoms with van der Waals surface area (Å²) in [6.45, 7) is 2.70. The van der Waals surface area contributed by atoms with E-state index in [4.69, 9.17) is 5.73 Å². The van der Waals surface area contributed by atoms with Crippen LogP contribution in [0.25, 0.3) is 5.65 Å². The molecule has 3 rings (SSSR count). The molecule has 1 saturated heterocycles. The number of aromatic nitrogens is 3. The first-order valence-corrected chi connectivity index (χ1v) is 6.75. The normalized spacial score (nSPS) is 20.8. The van der Waals surface area contributed by atoms with E-state index in [1.807, 2.05) is 18.3 Å². The third-order valence-corrected chi connectivity index (χ3v) is 3.56. The first kappa shape index (κ1) is 12.4. The molecule has 102 valence electrons. The van der Waals surface area contributed by atoms with Crippen molar-refractivity contribution in [3.63, 3.8) is 0 Å². The summed E-state index contributed by atoms with van der Waals surface area (Å²) >= 11 is 0. The minimum Gasteiger partial charge on any atom is -0.365 e. The van der Waals surface area contributed by atoms with Crippen molar-refractivity contribution in [1.29, 1.82) is 0 Å². The smallest absolute Gasteiger partial charge is 0.153 e. The first-order valence-electron chi connectivity index (χ1n) is 6.75. The van der Waals surface area contributed by atoms with E-state index >= 15 is 0 Å². The Morgan fingerprint density at radius 1 is 1.47 bits per heavy atom. The van der Waals surface area contributed by atoms with Crippen molar-refractivity contribution in [1.82, 2.24) is 19.5 Å².